The first kappa shape index (κ1) is 15.4. The van der Waals surface area contributed by atoms with E-state index in [1.54, 1.807) is 7.11 Å². The molecule has 0 amide bonds. The third-order valence-corrected chi connectivity index (χ3v) is 3.32. The standard InChI is InChI=1S/C16H22N2O3/c1-4-13(17)9-12-6-5-7-15(19-3)16(12)20-10-14-8-11(2)18-21-14/h5-8,13H,4,9-10,17H2,1-3H3. The Balaban J connectivity index is 2.18. The van der Waals surface area contributed by atoms with E-state index < -0.39 is 0 Å². The Labute approximate surface area is 125 Å². The summed E-state index contributed by atoms with van der Waals surface area (Å²) in [6, 6.07) is 7.79. The molecule has 2 aromatic rings. The van der Waals surface area contributed by atoms with Crippen molar-refractivity contribution in [2.45, 2.75) is 39.3 Å². The van der Waals surface area contributed by atoms with Gasteiger partial charge < -0.3 is 19.7 Å². The van der Waals surface area contributed by atoms with Crippen LogP contribution in [-0.2, 0) is 13.0 Å². The molecule has 0 bridgehead atoms. The average Bonchev–Trinajstić information content (AvgIpc) is 2.91. The van der Waals surface area contributed by atoms with Gasteiger partial charge in [-0.05, 0) is 31.4 Å². The molecule has 1 heterocycles. The van der Waals surface area contributed by atoms with Crippen molar-refractivity contribution >= 4 is 0 Å². The number of nitrogens with two attached hydrogens (primary N) is 1. The van der Waals surface area contributed by atoms with Crippen LogP contribution in [0.5, 0.6) is 11.5 Å². The minimum absolute atomic E-state index is 0.104. The van der Waals surface area contributed by atoms with Crippen LogP contribution in [0, 0.1) is 6.92 Å². The number of aromatic nitrogens is 1. The molecule has 21 heavy (non-hydrogen) atoms. The summed E-state index contributed by atoms with van der Waals surface area (Å²) in [4.78, 5) is 0. The lowest BCUT2D eigenvalue weighted by atomic mass is 10.0. The number of hydrogen-bond acceptors (Lipinski definition) is 5. The van der Waals surface area contributed by atoms with Crippen LogP contribution in [0.2, 0.25) is 0 Å². The molecule has 1 aromatic heterocycles. The Hall–Kier alpha value is -2.01. The van der Waals surface area contributed by atoms with Crippen LogP contribution in [0.3, 0.4) is 0 Å². The van der Waals surface area contributed by atoms with Crippen LogP contribution < -0.4 is 15.2 Å². The molecule has 0 saturated heterocycles. The number of aryl methyl sites for hydroxylation is 1. The summed E-state index contributed by atoms with van der Waals surface area (Å²) in [5.74, 6) is 2.11. The lowest BCUT2D eigenvalue weighted by Gasteiger charge is -2.16. The Kier molecular flexibility index (Phi) is 5.22. The van der Waals surface area contributed by atoms with Crippen molar-refractivity contribution in [2.75, 3.05) is 7.11 Å². The van der Waals surface area contributed by atoms with Gasteiger partial charge in [-0.3, -0.25) is 0 Å². The first-order valence-corrected chi connectivity index (χ1v) is 7.10. The molecule has 0 aliphatic carbocycles. The van der Waals surface area contributed by atoms with Crippen LogP contribution in [0.4, 0.5) is 0 Å². The van der Waals surface area contributed by atoms with Gasteiger partial charge in [-0.2, -0.15) is 0 Å². The van der Waals surface area contributed by atoms with Gasteiger partial charge in [0.2, 0.25) is 0 Å². The number of nitrogens with zero attached hydrogens (tertiary/aromatic N) is 1. The van der Waals surface area contributed by atoms with Crippen molar-refractivity contribution in [3.8, 4) is 11.5 Å². The van der Waals surface area contributed by atoms with Gasteiger partial charge in [-0.25, -0.2) is 0 Å². The Morgan fingerprint density at radius 2 is 2.19 bits per heavy atom. The molecule has 0 spiro atoms. The summed E-state index contributed by atoms with van der Waals surface area (Å²) >= 11 is 0. The Bertz CT molecular complexity index is 581. The largest absolute Gasteiger partial charge is 0.493 e. The fourth-order valence-corrected chi connectivity index (χ4v) is 2.10. The SMILES string of the molecule is CCC(N)Cc1cccc(OC)c1OCc1cc(C)no1. The van der Waals surface area contributed by atoms with Gasteiger partial charge in [0, 0.05) is 12.1 Å². The Morgan fingerprint density at radius 3 is 2.81 bits per heavy atom. The van der Waals surface area contributed by atoms with Crippen molar-refractivity contribution in [3.63, 3.8) is 0 Å². The highest BCUT2D eigenvalue weighted by Crippen LogP contribution is 2.32. The molecule has 2 rings (SSSR count). The minimum Gasteiger partial charge on any atom is -0.493 e. The van der Waals surface area contributed by atoms with Gasteiger partial charge in [0.25, 0.3) is 0 Å². The molecule has 114 valence electrons. The second-order valence-electron chi connectivity index (χ2n) is 5.04. The molecule has 0 aliphatic rings. The van der Waals surface area contributed by atoms with Crippen molar-refractivity contribution in [2.24, 2.45) is 5.73 Å². The van der Waals surface area contributed by atoms with Crippen molar-refractivity contribution in [3.05, 3.63) is 41.3 Å². The van der Waals surface area contributed by atoms with E-state index in [0.29, 0.717) is 18.1 Å². The molecule has 5 heteroatoms. The summed E-state index contributed by atoms with van der Waals surface area (Å²) in [6.07, 6.45) is 1.66. The van der Waals surface area contributed by atoms with Gasteiger partial charge in [0.1, 0.15) is 6.61 Å². The molecule has 1 atom stereocenters. The zero-order chi connectivity index (χ0) is 15.2. The smallest absolute Gasteiger partial charge is 0.174 e. The number of para-hydroxylation sites is 1. The van der Waals surface area contributed by atoms with E-state index in [1.165, 1.54) is 0 Å². The van der Waals surface area contributed by atoms with Gasteiger partial charge in [-0.15, -0.1) is 0 Å². The second kappa shape index (κ2) is 7.13. The molecular formula is C16H22N2O3. The average molecular weight is 290 g/mol. The molecule has 1 unspecified atom stereocenters. The van der Waals surface area contributed by atoms with E-state index in [9.17, 15) is 0 Å². The highest BCUT2D eigenvalue weighted by Gasteiger charge is 2.14. The van der Waals surface area contributed by atoms with Crippen LogP contribution in [-0.4, -0.2) is 18.3 Å². The highest BCUT2D eigenvalue weighted by atomic mass is 16.5. The van der Waals surface area contributed by atoms with Crippen molar-refractivity contribution in [1.82, 2.24) is 5.16 Å². The van der Waals surface area contributed by atoms with E-state index >= 15 is 0 Å². The predicted molar refractivity (Wildman–Crippen MR) is 80.5 cm³/mol. The maximum absolute atomic E-state index is 6.05. The van der Waals surface area contributed by atoms with Gasteiger partial charge in [-0.1, -0.05) is 24.2 Å². The van der Waals surface area contributed by atoms with E-state index in [1.807, 2.05) is 31.2 Å². The number of rotatable bonds is 7. The molecule has 2 N–H and O–H groups in total. The van der Waals surface area contributed by atoms with Crippen LogP contribution in [0.1, 0.15) is 30.4 Å². The zero-order valence-electron chi connectivity index (χ0n) is 12.8. The fraction of sp³-hybridized carbons (Fsp3) is 0.438. The summed E-state index contributed by atoms with van der Waals surface area (Å²) < 4.78 is 16.4. The van der Waals surface area contributed by atoms with Crippen LogP contribution >= 0.6 is 0 Å². The van der Waals surface area contributed by atoms with E-state index in [2.05, 4.69) is 12.1 Å². The quantitative estimate of drug-likeness (QED) is 0.849. The highest BCUT2D eigenvalue weighted by molar-refractivity contribution is 5.47. The fourth-order valence-electron chi connectivity index (χ4n) is 2.10. The molecule has 0 radical (unpaired) electrons. The summed E-state index contributed by atoms with van der Waals surface area (Å²) in [6.45, 7) is 4.26. The third kappa shape index (κ3) is 3.98. The Morgan fingerprint density at radius 1 is 1.38 bits per heavy atom. The van der Waals surface area contributed by atoms with E-state index in [0.717, 1.165) is 29.8 Å². The predicted octanol–water partition coefficient (Wildman–Crippen LogP) is 2.85. The van der Waals surface area contributed by atoms with Crippen molar-refractivity contribution in [1.29, 1.82) is 0 Å². The molecule has 1 aromatic carbocycles. The minimum atomic E-state index is 0.104. The summed E-state index contributed by atoms with van der Waals surface area (Å²) in [5.41, 5.74) is 7.93. The van der Waals surface area contributed by atoms with Gasteiger partial charge >= 0.3 is 0 Å². The first-order valence-electron chi connectivity index (χ1n) is 7.10. The van der Waals surface area contributed by atoms with Gasteiger partial charge in [0.15, 0.2) is 17.3 Å². The lowest BCUT2D eigenvalue weighted by molar-refractivity contribution is 0.236. The molecular weight excluding hydrogens is 268 g/mol. The first-order chi connectivity index (χ1) is 10.1. The normalized spacial score (nSPS) is 12.2. The van der Waals surface area contributed by atoms with E-state index in [-0.39, 0.29) is 6.04 Å². The second-order valence-corrected chi connectivity index (χ2v) is 5.04. The summed E-state index contributed by atoms with van der Waals surface area (Å²) in [7, 11) is 1.63. The molecule has 0 fully saturated rings. The monoisotopic (exact) mass is 290 g/mol. The summed E-state index contributed by atoms with van der Waals surface area (Å²) in [5, 5.41) is 3.85. The maximum atomic E-state index is 6.05. The topological polar surface area (TPSA) is 70.5 Å². The molecule has 5 nitrogen and oxygen atoms in total. The number of benzene rings is 1. The van der Waals surface area contributed by atoms with Crippen LogP contribution in [0.15, 0.2) is 28.8 Å². The molecule has 0 aliphatic heterocycles. The molecule has 0 saturated carbocycles. The maximum Gasteiger partial charge on any atom is 0.174 e. The number of hydrogen-bond donors (Lipinski definition) is 1. The van der Waals surface area contributed by atoms with Crippen molar-refractivity contribution < 1.29 is 14.0 Å². The number of methoxy groups -OCH3 is 1. The van der Waals surface area contributed by atoms with Gasteiger partial charge in [0.05, 0.1) is 12.8 Å². The number of ether oxygens (including phenoxy) is 2. The van der Waals surface area contributed by atoms with E-state index in [4.69, 9.17) is 19.7 Å². The third-order valence-electron chi connectivity index (χ3n) is 3.32. The van der Waals surface area contributed by atoms with Crippen LogP contribution in [0.25, 0.3) is 0 Å². The lowest BCUT2D eigenvalue weighted by Crippen LogP contribution is -2.21. The zero-order valence-corrected chi connectivity index (χ0v) is 12.8.